The van der Waals surface area contributed by atoms with Gasteiger partial charge in [-0.3, -0.25) is 0 Å². The van der Waals surface area contributed by atoms with Crippen LogP contribution in [-0.2, 0) is 4.84 Å². The Kier molecular flexibility index (Phi) is 6.27. The van der Waals surface area contributed by atoms with Gasteiger partial charge in [-0.15, -0.1) is 10.1 Å². The summed E-state index contributed by atoms with van der Waals surface area (Å²) in [5.74, 6) is 0. The summed E-state index contributed by atoms with van der Waals surface area (Å²) in [4.78, 5) is 12.4. The molecule has 0 aliphatic heterocycles. The van der Waals surface area contributed by atoms with E-state index in [1.807, 2.05) is 0 Å². The summed E-state index contributed by atoms with van der Waals surface area (Å²) < 4.78 is 0. The molecule has 0 heterocycles. The van der Waals surface area contributed by atoms with Crippen LogP contribution in [0.1, 0.15) is 7.43 Å². The zero-order valence-electron chi connectivity index (χ0n) is 2.67. The Labute approximate surface area is 35.8 Å². The fourth-order valence-electron chi connectivity index (χ4n) is 0. The lowest BCUT2D eigenvalue weighted by Gasteiger charge is -1.75. The van der Waals surface area contributed by atoms with E-state index in [0.717, 1.165) is 7.11 Å². The van der Waals surface area contributed by atoms with Crippen molar-refractivity contribution in [1.82, 2.24) is 0 Å². The van der Waals surface area contributed by atoms with Crippen molar-refractivity contribution in [2.75, 3.05) is 7.11 Å². The molecule has 4 heteroatoms. The first-order chi connectivity index (χ1) is 2.27. The molecule has 0 aliphatic rings. The van der Waals surface area contributed by atoms with Crippen molar-refractivity contribution in [2.45, 2.75) is 7.43 Å². The lowest BCUT2D eigenvalue weighted by molar-refractivity contribution is -0.749. The van der Waals surface area contributed by atoms with Gasteiger partial charge in [0.1, 0.15) is 0 Å². The van der Waals surface area contributed by atoms with Crippen molar-refractivity contribution >= 4 is 0 Å². The maximum atomic E-state index is 8.95. The Hall–Kier alpha value is -0.800. The molecule has 0 saturated heterocycles. The van der Waals surface area contributed by atoms with E-state index in [0.29, 0.717) is 0 Å². The molecule has 0 saturated carbocycles. The summed E-state index contributed by atoms with van der Waals surface area (Å²) in [7, 11) is 1.00. The van der Waals surface area contributed by atoms with Crippen molar-refractivity contribution in [2.24, 2.45) is 0 Å². The highest BCUT2D eigenvalue weighted by molar-refractivity contribution is 3.86. The van der Waals surface area contributed by atoms with Crippen LogP contribution >= 0.6 is 0 Å². The summed E-state index contributed by atoms with van der Waals surface area (Å²) in [5.41, 5.74) is 0. The average molecular weight is 93.1 g/mol. The SMILES string of the molecule is C.CO[N+](=O)[O-]. The van der Waals surface area contributed by atoms with Gasteiger partial charge < -0.3 is 4.84 Å². The molecular formula is C2H7NO3. The van der Waals surface area contributed by atoms with E-state index >= 15 is 0 Å². The van der Waals surface area contributed by atoms with Crippen LogP contribution in [0.3, 0.4) is 0 Å². The van der Waals surface area contributed by atoms with Crippen LogP contribution in [0.5, 0.6) is 0 Å². The Morgan fingerprint density at radius 3 is 2.00 bits per heavy atom. The molecule has 6 heavy (non-hydrogen) atoms. The third-order valence-corrected chi connectivity index (χ3v) is 0.149. The predicted molar refractivity (Wildman–Crippen MR) is 20.7 cm³/mol. The van der Waals surface area contributed by atoms with E-state index in [-0.39, 0.29) is 7.43 Å². The lowest BCUT2D eigenvalue weighted by Crippen LogP contribution is -1.91. The van der Waals surface area contributed by atoms with Gasteiger partial charge in [-0.2, -0.15) is 0 Å². The van der Waals surface area contributed by atoms with Crippen LogP contribution in [0.25, 0.3) is 0 Å². The molecule has 0 aromatic carbocycles. The van der Waals surface area contributed by atoms with E-state index in [9.17, 15) is 0 Å². The van der Waals surface area contributed by atoms with Gasteiger partial charge in [-0.25, -0.2) is 0 Å². The van der Waals surface area contributed by atoms with Crippen LogP contribution in [0, 0.1) is 10.1 Å². The van der Waals surface area contributed by atoms with E-state index in [4.69, 9.17) is 10.1 Å². The maximum Gasteiger partial charge on any atom is 0.294 e. The first kappa shape index (κ1) is 8.96. The van der Waals surface area contributed by atoms with E-state index in [2.05, 4.69) is 4.84 Å². The molecule has 0 amide bonds. The molecule has 0 fully saturated rings. The summed E-state index contributed by atoms with van der Waals surface area (Å²) in [5, 5.41) is 8.08. The standard InChI is InChI=1S/CH3NO3.CH4/c1-5-2(3)4;/h1H3;1H4. The van der Waals surface area contributed by atoms with Crippen molar-refractivity contribution in [1.29, 1.82) is 0 Å². The van der Waals surface area contributed by atoms with Gasteiger partial charge >= 0.3 is 0 Å². The fraction of sp³-hybridized carbons (Fsp3) is 1.00. The number of rotatable bonds is 1. The summed E-state index contributed by atoms with van der Waals surface area (Å²) >= 11 is 0. The third kappa shape index (κ3) is 10.8. The number of nitrogens with zero attached hydrogens (tertiary/aromatic N) is 1. The minimum Gasteiger partial charge on any atom is -0.317 e. The lowest BCUT2D eigenvalue weighted by atomic mass is 11.7. The Morgan fingerprint density at radius 1 is 1.83 bits per heavy atom. The van der Waals surface area contributed by atoms with Gasteiger partial charge in [0.05, 0.1) is 7.11 Å². The van der Waals surface area contributed by atoms with Gasteiger partial charge in [0.2, 0.25) is 0 Å². The average Bonchev–Trinajstić information content (AvgIpc) is 1.38. The third-order valence-electron chi connectivity index (χ3n) is 0.149. The van der Waals surface area contributed by atoms with E-state index in [1.54, 1.807) is 0 Å². The van der Waals surface area contributed by atoms with E-state index in [1.165, 1.54) is 0 Å². The first-order valence-electron chi connectivity index (χ1n) is 0.956. The van der Waals surface area contributed by atoms with Crippen molar-refractivity contribution in [3.05, 3.63) is 10.1 Å². The second-order valence-corrected chi connectivity index (χ2v) is 0.406. The van der Waals surface area contributed by atoms with Crippen LogP contribution in [0.15, 0.2) is 0 Å². The first-order valence-corrected chi connectivity index (χ1v) is 0.956. The second-order valence-electron chi connectivity index (χ2n) is 0.406. The monoisotopic (exact) mass is 93.0 g/mol. The van der Waals surface area contributed by atoms with Crippen LogP contribution in [0.2, 0.25) is 0 Å². The molecule has 0 spiro atoms. The molecule has 0 bridgehead atoms. The second kappa shape index (κ2) is 4.20. The van der Waals surface area contributed by atoms with E-state index < -0.39 is 5.09 Å². The molecule has 4 nitrogen and oxygen atoms in total. The maximum absolute atomic E-state index is 8.95. The molecule has 0 atom stereocenters. The molecule has 0 aliphatic carbocycles. The molecule has 0 aromatic heterocycles. The van der Waals surface area contributed by atoms with Crippen molar-refractivity contribution in [3.63, 3.8) is 0 Å². The zero-order chi connectivity index (χ0) is 4.28. The molecule has 38 valence electrons. The Bertz CT molecular complexity index is 44.1. The Morgan fingerprint density at radius 2 is 2.00 bits per heavy atom. The molecule has 0 N–H and O–H groups in total. The van der Waals surface area contributed by atoms with Gasteiger partial charge in [-0.1, -0.05) is 7.43 Å². The molecule has 0 radical (unpaired) electrons. The number of hydrogen-bond acceptors (Lipinski definition) is 3. The normalized spacial score (nSPS) is 5.50. The predicted octanol–water partition coefficient (Wildman–Crippen LogP) is 0.461. The molecule has 0 rings (SSSR count). The quantitative estimate of drug-likeness (QED) is 0.349. The highest BCUT2D eigenvalue weighted by atomic mass is 16.9. The van der Waals surface area contributed by atoms with Crippen molar-refractivity contribution in [3.8, 4) is 0 Å². The smallest absolute Gasteiger partial charge is 0.294 e. The minimum absolute atomic E-state index is 0. The number of hydrogen-bond donors (Lipinski definition) is 0. The Balaban J connectivity index is 0. The van der Waals surface area contributed by atoms with Gasteiger partial charge in [0, 0.05) is 0 Å². The van der Waals surface area contributed by atoms with Crippen LogP contribution < -0.4 is 0 Å². The highest BCUT2D eigenvalue weighted by Gasteiger charge is 1.77. The molecule has 0 unspecified atom stereocenters. The van der Waals surface area contributed by atoms with Gasteiger partial charge in [0.25, 0.3) is 5.09 Å². The molecule has 0 aromatic rings. The highest BCUT2D eigenvalue weighted by Crippen LogP contribution is 1.57. The summed E-state index contributed by atoms with van der Waals surface area (Å²) in [6.45, 7) is 0. The van der Waals surface area contributed by atoms with Gasteiger partial charge in [0.15, 0.2) is 0 Å². The largest absolute Gasteiger partial charge is 0.317 e. The zero-order valence-corrected chi connectivity index (χ0v) is 2.67. The topological polar surface area (TPSA) is 52.4 Å². The summed E-state index contributed by atoms with van der Waals surface area (Å²) in [6, 6.07) is 0. The van der Waals surface area contributed by atoms with Crippen LogP contribution in [0.4, 0.5) is 0 Å². The van der Waals surface area contributed by atoms with Crippen molar-refractivity contribution < 1.29 is 9.92 Å². The molecular weight excluding hydrogens is 86.0 g/mol. The fourth-order valence-corrected chi connectivity index (χ4v) is 0. The minimum atomic E-state index is -0.875. The van der Waals surface area contributed by atoms with Crippen LogP contribution in [-0.4, -0.2) is 12.2 Å². The summed E-state index contributed by atoms with van der Waals surface area (Å²) in [6.07, 6.45) is 0. The van der Waals surface area contributed by atoms with Gasteiger partial charge in [-0.05, 0) is 0 Å².